The van der Waals surface area contributed by atoms with Crippen LogP contribution in [0.15, 0.2) is 22.6 Å². The van der Waals surface area contributed by atoms with Crippen molar-refractivity contribution in [3.05, 3.63) is 29.5 Å². The van der Waals surface area contributed by atoms with E-state index in [0.29, 0.717) is 24.5 Å². The second-order valence-electron chi connectivity index (χ2n) is 4.86. The molecule has 2 aromatic rings. The molecule has 108 valence electrons. The normalized spacial score (nSPS) is 11.1. The van der Waals surface area contributed by atoms with Crippen molar-refractivity contribution in [2.45, 2.75) is 6.92 Å². The predicted molar refractivity (Wildman–Crippen MR) is 76.3 cm³/mol. The van der Waals surface area contributed by atoms with Gasteiger partial charge in [-0.15, -0.1) is 0 Å². The monoisotopic (exact) mass is 277 g/mol. The second-order valence-corrected chi connectivity index (χ2v) is 4.86. The highest BCUT2D eigenvalue weighted by Gasteiger charge is 2.19. The Morgan fingerprint density at radius 3 is 2.75 bits per heavy atom. The molecule has 2 rings (SSSR count). The van der Waals surface area contributed by atoms with Gasteiger partial charge in [-0.2, -0.15) is 0 Å². The molecule has 5 heteroatoms. The maximum Gasteiger partial charge on any atom is 0.374 e. The van der Waals surface area contributed by atoms with Crippen molar-refractivity contribution < 1.29 is 18.7 Å². The minimum Gasteiger partial charge on any atom is -0.497 e. The van der Waals surface area contributed by atoms with Gasteiger partial charge in [0.15, 0.2) is 0 Å². The van der Waals surface area contributed by atoms with Gasteiger partial charge in [0, 0.05) is 23.6 Å². The van der Waals surface area contributed by atoms with E-state index in [1.807, 2.05) is 38.1 Å². The van der Waals surface area contributed by atoms with E-state index >= 15 is 0 Å². The third kappa shape index (κ3) is 2.93. The number of carbonyl (C=O) groups excluding carboxylic acids is 1. The first-order valence-electron chi connectivity index (χ1n) is 6.42. The van der Waals surface area contributed by atoms with Gasteiger partial charge in [-0.3, -0.25) is 0 Å². The summed E-state index contributed by atoms with van der Waals surface area (Å²) in [4.78, 5) is 14.0. The molecule has 0 aliphatic heterocycles. The third-order valence-electron chi connectivity index (χ3n) is 3.10. The third-order valence-corrected chi connectivity index (χ3v) is 3.10. The minimum absolute atomic E-state index is 0.256. The molecule has 0 atom stereocenters. The van der Waals surface area contributed by atoms with Gasteiger partial charge in [0.25, 0.3) is 0 Å². The molecular formula is C15H19NO4. The molecular weight excluding hydrogens is 258 g/mol. The Balaban J connectivity index is 2.21. The Bertz CT molecular complexity index is 616. The summed E-state index contributed by atoms with van der Waals surface area (Å²) in [6.45, 7) is 2.87. The maximum absolute atomic E-state index is 12.0. The van der Waals surface area contributed by atoms with Crippen LogP contribution in [0.4, 0.5) is 0 Å². The Kier molecular flexibility index (Phi) is 4.29. The van der Waals surface area contributed by atoms with Crippen LogP contribution in [0.1, 0.15) is 16.1 Å². The number of methoxy groups -OCH3 is 1. The Hall–Kier alpha value is -2.01. The number of furan rings is 1. The van der Waals surface area contributed by atoms with Crippen LogP contribution in [0.25, 0.3) is 11.0 Å². The Morgan fingerprint density at radius 2 is 2.10 bits per heavy atom. The lowest BCUT2D eigenvalue weighted by atomic mass is 10.1. The van der Waals surface area contributed by atoms with Gasteiger partial charge in [0.05, 0.1) is 7.11 Å². The van der Waals surface area contributed by atoms with Crippen molar-refractivity contribution in [1.82, 2.24) is 4.90 Å². The summed E-state index contributed by atoms with van der Waals surface area (Å²) in [6.07, 6.45) is 0. The number of likely N-dealkylation sites (N-methyl/N-ethyl adjacent to an activating group) is 1. The Labute approximate surface area is 118 Å². The number of hydrogen-bond acceptors (Lipinski definition) is 5. The van der Waals surface area contributed by atoms with Gasteiger partial charge >= 0.3 is 5.97 Å². The fourth-order valence-electron chi connectivity index (χ4n) is 1.91. The van der Waals surface area contributed by atoms with Crippen LogP contribution in [0.2, 0.25) is 0 Å². The van der Waals surface area contributed by atoms with Crippen LogP contribution < -0.4 is 4.74 Å². The van der Waals surface area contributed by atoms with Crippen molar-refractivity contribution in [3.8, 4) is 5.75 Å². The highest BCUT2D eigenvalue weighted by Crippen LogP contribution is 2.28. The number of carbonyl (C=O) groups is 1. The number of ether oxygens (including phenoxy) is 2. The van der Waals surface area contributed by atoms with Crippen LogP contribution in [-0.4, -0.2) is 45.2 Å². The molecule has 0 aliphatic carbocycles. The number of esters is 1. The van der Waals surface area contributed by atoms with E-state index < -0.39 is 5.97 Å². The lowest BCUT2D eigenvalue weighted by Crippen LogP contribution is -2.20. The summed E-state index contributed by atoms with van der Waals surface area (Å²) < 4.78 is 15.9. The summed E-state index contributed by atoms with van der Waals surface area (Å²) in [5, 5.41) is 0.894. The quantitative estimate of drug-likeness (QED) is 0.786. The van der Waals surface area contributed by atoms with E-state index in [1.54, 1.807) is 13.2 Å². The van der Waals surface area contributed by atoms with E-state index in [9.17, 15) is 4.79 Å². The molecule has 0 unspecified atom stereocenters. The molecule has 0 spiro atoms. The zero-order valence-corrected chi connectivity index (χ0v) is 12.2. The van der Waals surface area contributed by atoms with Crippen LogP contribution in [-0.2, 0) is 4.74 Å². The fourth-order valence-corrected chi connectivity index (χ4v) is 1.91. The van der Waals surface area contributed by atoms with Crippen LogP contribution in [0, 0.1) is 6.92 Å². The summed E-state index contributed by atoms with van der Waals surface area (Å²) >= 11 is 0. The van der Waals surface area contributed by atoms with E-state index in [1.165, 1.54) is 0 Å². The predicted octanol–water partition coefficient (Wildman–Crippen LogP) is 2.47. The Morgan fingerprint density at radius 1 is 1.35 bits per heavy atom. The van der Waals surface area contributed by atoms with E-state index in [4.69, 9.17) is 13.9 Å². The van der Waals surface area contributed by atoms with Crippen molar-refractivity contribution in [3.63, 3.8) is 0 Å². The zero-order chi connectivity index (χ0) is 14.7. The first-order chi connectivity index (χ1) is 9.52. The molecule has 0 bridgehead atoms. The lowest BCUT2D eigenvalue weighted by Gasteiger charge is -2.09. The van der Waals surface area contributed by atoms with Gasteiger partial charge in [-0.25, -0.2) is 4.79 Å². The number of hydrogen-bond donors (Lipinski definition) is 0. The highest BCUT2D eigenvalue weighted by atomic mass is 16.5. The summed E-state index contributed by atoms with van der Waals surface area (Å²) in [5.74, 6) is 0.519. The molecule has 1 aromatic heterocycles. The number of benzene rings is 1. The topological polar surface area (TPSA) is 51.9 Å². The highest BCUT2D eigenvalue weighted by molar-refractivity contribution is 5.96. The molecule has 0 N–H and O–H groups in total. The number of nitrogens with zero attached hydrogens (tertiary/aromatic N) is 1. The maximum atomic E-state index is 12.0. The summed E-state index contributed by atoms with van der Waals surface area (Å²) in [6, 6.07) is 5.48. The number of rotatable bonds is 5. The fraction of sp³-hybridized carbons (Fsp3) is 0.400. The van der Waals surface area contributed by atoms with Gasteiger partial charge in [-0.1, -0.05) is 0 Å². The second kappa shape index (κ2) is 5.96. The first kappa shape index (κ1) is 14.4. The van der Waals surface area contributed by atoms with Crippen LogP contribution >= 0.6 is 0 Å². The average Bonchev–Trinajstić information content (AvgIpc) is 2.75. The van der Waals surface area contributed by atoms with E-state index in [0.717, 1.165) is 10.9 Å². The summed E-state index contributed by atoms with van der Waals surface area (Å²) in [5.41, 5.74) is 1.42. The molecule has 0 amide bonds. The molecule has 0 fully saturated rings. The van der Waals surface area contributed by atoms with Crippen molar-refractivity contribution in [2.75, 3.05) is 34.4 Å². The standard InChI is InChI=1S/C15H19NO4/c1-10-12-6-5-11(18-4)9-13(12)20-14(10)15(17)19-8-7-16(2)3/h5-6,9H,7-8H2,1-4H3. The molecule has 0 saturated carbocycles. The van der Waals surface area contributed by atoms with Crippen LogP contribution in [0.3, 0.4) is 0 Å². The van der Waals surface area contributed by atoms with Crippen molar-refractivity contribution in [1.29, 1.82) is 0 Å². The van der Waals surface area contributed by atoms with Gasteiger partial charge in [0.1, 0.15) is 17.9 Å². The minimum atomic E-state index is -0.431. The molecule has 1 heterocycles. The molecule has 0 radical (unpaired) electrons. The van der Waals surface area contributed by atoms with E-state index in [2.05, 4.69) is 0 Å². The zero-order valence-electron chi connectivity index (χ0n) is 12.2. The molecule has 5 nitrogen and oxygen atoms in total. The SMILES string of the molecule is COc1ccc2c(C)c(C(=O)OCCN(C)C)oc2c1. The molecule has 1 aromatic carbocycles. The first-order valence-corrected chi connectivity index (χ1v) is 6.42. The van der Waals surface area contributed by atoms with Gasteiger partial charge in [-0.05, 0) is 33.2 Å². The molecule has 0 aliphatic rings. The average molecular weight is 277 g/mol. The van der Waals surface area contributed by atoms with Gasteiger partial charge < -0.3 is 18.8 Å². The van der Waals surface area contributed by atoms with E-state index in [-0.39, 0.29) is 5.76 Å². The summed E-state index contributed by atoms with van der Waals surface area (Å²) in [7, 11) is 5.44. The number of aryl methyl sites for hydroxylation is 1. The smallest absolute Gasteiger partial charge is 0.374 e. The van der Waals surface area contributed by atoms with Crippen molar-refractivity contribution >= 4 is 16.9 Å². The van der Waals surface area contributed by atoms with Gasteiger partial charge in [0.2, 0.25) is 5.76 Å². The molecule has 0 saturated heterocycles. The van der Waals surface area contributed by atoms with Crippen LogP contribution in [0.5, 0.6) is 5.75 Å². The van der Waals surface area contributed by atoms with Crippen molar-refractivity contribution in [2.24, 2.45) is 0 Å². The molecule has 20 heavy (non-hydrogen) atoms. The lowest BCUT2D eigenvalue weighted by molar-refractivity contribution is 0.0447. The largest absolute Gasteiger partial charge is 0.497 e. The number of fused-ring (bicyclic) bond motifs is 1.